The summed E-state index contributed by atoms with van der Waals surface area (Å²) in [5.41, 5.74) is 4.25. The Bertz CT molecular complexity index is 383. The van der Waals surface area contributed by atoms with Gasteiger partial charge >= 0.3 is 0 Å². The summed E-state index contributed by atoms with van der Waals surface area (Å²) in [6, 6.07) is 7.76. The molecular formula is C16H26N2. The van der Waals surface area contributed by atoms with Gasteiger partial charge in [-0.2, -0.15) is 0 Å². The fraction of sp³-hybridized carbons (Fsp3) is 0.625. The molecule has 2 rings (SSSR count). The number of benzene rings is 1. The maximum absolute atomic E-state index is 3.40. The van der Waals surface area contributed by atoms with Crippen molar-refractivity contribution in [3.05, 3.63) is 29.3 Å². The molecule has 100 valence electrons. The molecule has 1 aliphatic carbocycles. The molecule has 1 N–H and O–H groups in total. The van der Waals surface area contributed by atoms with E-state index >= 15 is 0 Å². The van der Waals surface area contributed by atoms with Gasteiger partial charge in [0.25, 0.3) is 0 Å². The second-order valence-corrected chi connectivity index (χ2v) is 5.32. The summed E-state index contributed by atoms with van der Waals surface area (Å²) in [7, 11) is 0. The molecule has 1 saturated carbocycles. The first-order valence-corrected chi connectivity index (χ1v) is 7.33. The van der Waals surface area contributed by atoms with Crippen LogP contribution in [0.25, 0.3) is 0 Å². The lowest BCUT2D eigenvalue weighted by Crippen LogP contribution is -2.26. The Morgan fingerprint density at radius 2 is 2.06 bits per heavy atom. The Balaban J connectivity index is 2.10. The van der Waals surface area contributed by atoms with Crippen LogP contribution in [-0.4, -0.2) is 19.1 Å². The van der Waals surface area contributed by atoms with E-state index in [1.165, 1.54) is 42.6 Å². The lowest BCUT2D eigenvalue weighted by Gasteiger charge is -2.25. The van der Waals surface area contributed by atoms with E-state index in [9.17, 15) is 0 Å². The molecule has 0 atom stereocenters. The molecule has 1 fully saturated rings. The quantitative estimate of drug-likeness (QED) is 0.792. The number of nitrogens with one attached hydrogen (secondary N) is 1. The number of anilines is 1. The average Bonchev–Trinajstić information content (AvgIpc) is 3.19. The van der Waals surface area contributed by atoms with E-state index in [0.717, 1.165) is 19.1 Å². The Morgan fingerprint density at radius 1 is 1.28 bits per heavy atom. The first-order chi connectivity index (χ1) is 8.76. The molecule has 0 amide bonds. The van der Waals surface area contributed by atoms with Crippen molar-refractivity contribution >= 4 is 5.69 Å². The van der Waals surface area contributed by atoms with Crippen LogP contribution in [0, 0.1) is 6.92 Å². The highest BCUT2D eigenvalue weighted by Gasteiger charge is 2.28. The maximum Gasteiger partial charge on any atom is 0.0371 e. The molecule has 18 heavy (non-hydrogen) atoms. The van der Waals surface area contributed by atoms with Crippen molar-refractivity contribution in [2.24, 2.45) is 0 Å². The molecule has 0 saturated heterocycles. The molecule has 0 unspecified atom stereocenters. The normalized spacial score (nSPS) is 14.8. The van der Waals surface area contributed by atoms with Gasteiger partial charge in [-0.1, -0.05) is 19.9 Å². The average molecular weight is 246 g/mol. The zero-order chi connectivity index (χ0) is 13.0. The van der Waals surface area contributed by atoms with Gasteiger partial charge in [0.15, 0.2) is 0 Å². The highest BCUT2D eigenvalue weighted by Crippen LogP contribution is 2.32. The Kier molecular flexibility index (Phi) is 4.65. The fourth-order valence-corrected chi connectivity index (χ4v) is 2.47. The second-order valence-electron chi connectivity index (χ2n) is 5.32. The van der Waals surface area contributed by atoms with Crippen molar-refractivity contribution in [3.8, 4) is 0 Å². The van der Waals surface area contributed by atoms with Gasteiger partial charge in [-0.3, -0.25) is 0 Å². The van der Waals surface area contributed by atoms with Gasteiger partial charge in [-0.05, 0) is 56.0 Å². The maximum atomic E-state index is 3.40. The SMILES string of the molecule is CCCN(c1ccc(CNCC)c(C)c1)C1CC1. The van der Waals surface area contributed by atoms with Crippen LogP contribution < -0.4 is 10.2 Å². The smallest absolute Gasteiger partial charge is 0.0371 e. The molecule has 1 aromatic rings. The largest absolute Gasteiger partial charge is 0.369 e. The lowest BCUT2D eigenvalue weighted by molar-refractivity contribution is 0.722. The first-order valence-electron chi connectivity index (χ1n) is 7.33. The molecule has 0 heterocycles. The third-order valence-corrected chi connectivity index (χ3v) is 3.68. The number of rotatable bonds is 7. The Labute approximate surface area is 111 Å². The number of hydrogen-bond donors (Lipinski definition) is 1. The van der Waals surface area contributed by atoms with Crippen molar-refractivity contribution in [2.75, 3.05) is 18.0 Å². The molecule has 0 spiro atoms. The van der Waals surface area contributed by atoms with Gasteiger partial charge in [0, 0.05) is 24.8 Å². The van der Waals surface area contributed by atoms with E-state index in [-0.39, 0.29) is 0 Å². The minimum absolute atomic E-state index is 0.809. The predicted octanol–water partition coefficient (Wildman–Crippen LogP) is 3.48. The van der Waals surface area contributed by atoms with Crippen LogP contribution in [0.2, 0.25) is 0 Å². The third kappa shape index (κ3) is 3.26. The summed E-state index contributed by atoms with van der Waals surface area (Å²) >= 11 is 0. The topological polar surface area (TPSA) is 15.3 Å². The second kappa shape index (κ2) is 6.24. The van der Waals surface area contributed by atoms with Crippen molar-refractivity contribution in [1.29, 1.82) is 0 Å². The van der Waals surface area contributed by atoms with Crippen molar-refractivity contribution < 1.29 is 0 Å². The minimum atomic E-state index is 0.809. The minimum Gasteiger partial charge on any atom is -0.369 e. The van der Waals surface area contributed by atoms with Crippen LogP contribution in [-0.2, 0) is 6.54 Å². The van der Waals surface area contributed by atoms with Crippen LogP contribution in [0.5, 0.6) is 0 Å². The number of nitrogens with zero attached hydrogens (tertiary/aromatic N) is 1. The molecule has 2 nitrogen and oxygen atoms in total. The van der Waals surface area contributed by atoms with E-state index in [4.69, 9.17) is 0 Å². The van der Waals surface area contributed by atoms with Gasteiger partial charge < -0.3 is 10.2 Å². The molecule has 0 aromatic heterocycles. The van der Waals surface area contributed by atoms with Gasteiger partial charge in [-0.25, -0.2) is 0 Å². The molecular weight excluding hydrogens is 220 g/mol. The Hall–Kier alpha value is -1.02. The van der Waals surface area contributed by atoms with Crippen LogP contribution in [0.15, 0.2) is 18.2 Å². The van der Waals surface area contributed by atoms with E-state index in [1.807, 2.05) is 0 Å². The summed E-state index contributed by atoms with van der Waals surface area (Å²) in [5, 5.41) is 3.40. The molecule has 2 heteroatoms. The van der Waals surface area contributed by atoms with Crippen LogP contribution >= 0.6 is 0 Å². The summed E-state index contributed by atoms with van der Waals surface area (Å²) in [6.07, 6.45) is 3.98. The summed E-state index contributed by atoms with van der Waals surface area (Å²) in [5.74, 6) is 0. The monoisotopic (exact) mass is 246 g/mol. The summed E-state index contributed by atoms with van der Waals surface area (Å²) < 4.78 is 0. The van der Waals surface area contributed by atoms with Crippen LogP contribution in [0.3, 0.4) is 0 Å². The van der Waals surface area contributed by atoms with Gasteiger partial charge in [0.05, 0.1) is 0 Å². The first kappa shape index (κ1) is 13.4. The molecule has 0 aliphatic heterocycles. The summed E-state index contributed by atoms with van der Waals surface area (Å²) in [4.78, 5) is 2.59. The molecule has 0 radical (unpaired) electrons. The van der Waals surface area contributed by atoms with Crippen LogP contribution in [0.1, 0.15) is 44.2 Å². The predicted molar refractivity (Wildman–Crippen MR) is 79.2 cm³/mol. The van der Waals surface area contributed by atoms with E-state index < -0.39 is 0 Å². The molecule has 1 aromatic carbocycles. The standard InChI is InChI=1S/C16H26N2/c1-4-10-18(15-8-9-15)16-7-6-14(12-17-5-2)13(3)11-16/h6-7,11,15,17H,4-5,8-10,12H2,1-3H3. The molecule has 1 aliphatic rings. The van der Waals surface area contributed by atoms with Crippen molar-refractivity contribution in [2.45, 2.75) is 52.6 Å². The van der Waals surface area contributed by atoms with Crippen molar-refractivity contribution in [3.63, 3.8) is 0 Å². The molecule has 0 bridgehead atoms. The van der Waals surface area contributed by atoms with Gasteiger partial charge in [0.1, 0.15) is 0 Å². The van der Waals surface area contributed by atoms with Gasteiger partial charge in [0.2, 0.25) is 0 Å². The zero-order valence-corrected chi connectivity index (χ0v) is 12.0. The van der Waals surface area contributed by atoms with E-state index in [2.05, 4.69) is 49.2 Å². The Morgan fingerprint density at radius 3 is 2.61 bits per heavy atom. The van der Waals surface area contributed by atoms with Crippen molar-refractivity contribution in [1.82, 2.24) is 5.32 Å². The van der Waals surface area contributed by atoms with E-state index in [0.29, 0.717) is 0 Å². The van der Waals surface area contributed by atoms with E-state index in [1.54, 1.807) is 0 Å². The highest BCUT2D eigenvalue weighted by atomic mass is 15.2. The van der Waals surface area contributed by atoms with Crippen LogP contribution in [0.4, 0.5) is 5.69 Å². The zero-order valence-electron chi connectivity index (χ0n) is 12.0. The summed E-state index contributed by atoms with van der Waals surface area (Å²) in [6.45, 7) is 9.86. The van der Waals surface area contributed by atoms with Gasteiger partial charge in [-0.15, -0.1) is 0 Å². The number of aryl methyl sites for hydroxylation is 1. The third-order valence-electron chi connectivity index (χ3n) is 3.68. The highest BCUT2D eigenvalue weighted by molar-refractivity contribution is 5.52. The lowest BCUT2D eigenvalue weighted by atomic mass is 10.1. The fourth-order valence-electron chi connectivity index (χ4n) is 2.47. The number of hydrogen-bond acceptors (Lipinski definition) is 2.